The summed E-state index contributed by atoms with van der Waals surface area (Å²) in [6.45, 7) is -0.500. The Bertz CT molecular complexity index is 299. The summed E-state index contributed by atoms with van der Waals surface area (Å²) in [6.07, 6.45) is 0.0469. The number of nitrogens with two attached hydrogens (primary N) is 1. The highest BCUT2D eigenvalue weighted by molar-refractivity contribution is 5.87. The highest BCUT2D eigenvalue weighted by atomic mass is 19.3. The van der Waals surface area contributed by atoms with Crippen LogP contribution in [0.15, 0.2) is 12.4 Å². The number of halogens is 2. The van der Waals surface area contributed by atoms with Crippen LogP contribution < -0.4 is 11.1 Å². The first-order valence-electron chi connectivity index (χ1n) is 3.45. The molecule has 0 saturated carbocycles. The van der Waals surface area contributed by atoms with Gasteiger partial charge in [0.2, 0.25) is 0 Å². The van der Waals surface area contributed by atoms with Crippen molar-refractivity contribution in [2.45, 2.75) is 13.0 Å². The molecule has 0 aliphatic heterocycles. The fraction of sp³-hybridized carbons (Fsp3) is 0.333. The number of nitrogens with zero attached hydrogens (tertiary/aromatic N) is 2. The number of urea groups is 1. The van der Waals surface area contributed by atoms with E-state index in [0.717, 1.165) is 4.68 Å². The number of primary amides is 1. The Labute approximate surface area is 72.5 Å². The molecule has 0 atom stereocenters. The lowest BCUT2D eigenvalue weighted by molar-refractivity contribution is 0.122. The van der Waals surface area contributed by atoms with Gasteiger partial charge in [0.15, 0.2) is 0 Å². The number of hydrogen-bond acceptors (Lipinski definition) is 2. The van der Waals surface area contributed by atoms with E-state index in [2.05, 4.69) is 10.4 Å². The van der Waals surface area contributed by atoms with Crippen LogP contribution in [0.2, 0.25) is 0 Å². The first-order chi connectivity index (χ1) is 6.08. The maximum absolute atomic E-state index is 11.8. The first-order valence-corrected chi connectivity index (χ1v) is 3.45. The molecule has 1 heterocycles. The topological polar surface area (TPSA) is 72.9 Å². The van der Waals surface area contributed by atoms with Crippen LogP contribution in [0.25, 0.3) is 0 Å². The summed E-state index contributed by atoms with van der Waals surface area (Å²) < 4.78 is 24.7. The molecule has 1 aromatic rings. The largest absolute Gasteiger partial charge is 0.351 e. The molecular weight excluding hydrogens is 182 g/mol. The molecule has 1 aromatic heterocycles. The maximum atomic E-state index is 11.8. The van der Waals surface area contributed by atoms with E-state index in [-0.39, 0.29) is 0 Å². The van der Waals surface area contributed by atoms with Crippen molar-refractivity contribution < 1.29 is 13.6 Å². The van der Waals surface area contributed by atoms with E-state index in [1.807, 2.05) is 0 Å². The van der Waals surface area contributed by atoms with Crippen LogP contribution in [0.1, 0.15) is 0 Å². The van der Waals surface area contributed by atoms with Crippen molar-refractivity contribution in [2.24, 2.45) is 5.73 Å². The van der Waals surface area contributed by atoms with Crippen molar-refractivity contribution in [3.8, 4) is 0 Å². The summed E-state index contributed by atoms with van der Waals surface area (Å²) in [5.74, 6) is 0. The smallest absolute Gasteiger partial charge is 0.316 e. The zero-order valence-corrected chi connectivity index (χ0v) is 6.58. The van der Waals surface area contributed by atoms with E-state index < -0.39 is 19.0 Å². The van der Waals surface area contributed by atoms with Gasteiger partial charge >= 0.3 is 6.03 Å². The molecule has 0 unspecified atom stereocenters. The molecule has 3 N–H and O–H groups in total. The van der Waals surface area contributed by atoms with E-state index in [1.165, 1.54) is 12.4 Å². The Morgan fingerprint density at radius 2 is 2.46 bits per heavy atom. The number of carbonyl (C=O) groups is 1. The Balaban J connectivity index is 2.58. The standard InChI is InChI=1S/C6H8F2N4O/c7-5(8)3-12-2-4(1-10-12)11-6(9)13/h1-2,5H,3H2,(H3,9,11,13). The molecule has 1 rings (SSSR count). The summed E-state index contributed by atoms with van der Waals surface area (Å²) in [6, 6.07) is -0.753. The van der Waals surface area contributed by atoms with Gasteiger partial charge in [-0.25, -0.2) is 13.6 Å². The molecule has 5 nitrogen and oxygen atoms in total. The quantitative estimate of drug-likeness (QED) is 0.733. The van der Waals surface area contributed by atoms with Gasteiger partial charge in [0.1, 0.15) is 6.54 Å². The van der Waals surface area contributed by atoms with E-state index in [0.29, 0.717) is 5.69 Å². The summed E-state index contributed by atoms with van der Waals surface area (Å²) in [4.78, 5) is 10.3. The lowest BCUT2D eigenvalue weighted by atomic mass is 10.5. The van der Waals surface area contributed by atoms with Crippen LogP contribution in [0, 0.1) is 0 Å². The molecule has 0 spiro atoms. The normalized spacial score (nSPS) is 10.4. The van der Waals surface area contributed by atoms with Gasteiger partial charge in [0.05, 0.1) is 11.9 Å². The minimum absolute atomic E-state index is 0.299. The molecule has 13 heavy (non-hydrogen) atoms. The van der Waals surface area contributed by atoms with Crippen molar-refractivity contribution in [1.29, 1.82) is 0 Å². The van der Waals surface area contributed by atoms with Gasteiger partial charge < -0.3 is 11.1 Å². The zero-order valence-electron chi connectivity index (χ0n) is 6.58. The minimum Gasteiger partial charge on any atom is -0.351 e. The Kier molecular flexibility index (Phi) is 2.78. The molecule has 2 amide bonds. The van der Waals surface area contributed by atoms with Gasteiger partial charge in [0, 0.05) is 6.20 Å². The third-order valence-electron chi connectivity index (χ3n) is 1.23. The number of hydrogen-bond donors (Lipinski definition) is 2. The highest BCUT2D eigenvalue weighted by Crippen LogP contribution is 2.05. The third-order valence-corrected chi connectivity index (χ3v) is 1.23. The Morgan fingerprint density at radius 3 is 3.00 bits per heavy atom. The second-order valence-corrected chi connectivity index (χ2v) is 2.33. The third kappa shape index (κ3) is 3.06. The van der Waals surface area contributed by atoms with Gasteiger partial charge in [-0.2, -0.15) is 5.10 Å². The van der Waals surface area contributed by atoms with Crippen LogP contribution in [0.3, 0.4) is 0 Å². The van der Waals surface area contributed by atoms with Crippen LogP contribution in [-0.4, -0.2) is 22.2 Å². The van der Waals surface area contributed by atoms with Gasteiger partial charge in [-0.05, 0) is 0 Å². The second-order valence-electron chi connectivity index (χ2n) is 2.33. The highest BCUT2D eigenvalue weighted by Gasteiger charge is 2.05. The van der Waals surface area contributed by atoms with Gasteiger partial charge in [0.25, 0.3) is 6.43 Å². The van der Waals surface area contributed by atoms with Crippen molar-refractivity contribution in [3.63, 3.8) is 0 Å². The minimum atomic E-state index is -2.47. The predicted molar refractivity (Wildman–Crippen MR) is 41.4 cm³/mol. The first kappa shape index (κ1) is 9.43. The molecule has 0 aliphatic rings. The maximum Gasteiger partial charge on any atom is 0.316 e. The predicted octanol–water partition coefficient (Wildman–Crippen LogP) is 0.639. The second kappa shape index (κ2) is 3.83. The summed E-state index contributed by atoms with van der Waals surface area (Å²) in [5.41, 5.74) is 5.10. The summed E-state index contributed by atoms with van der Waals surface area (Å²) in [5, 5.41) is 5.78. The van der Waals surface area contributed by atoms with Gasteiger partial charge in [-0.1, -0.05) is 0 Å². The number of nitrogens with one attached hydrogen (secondary N) is 1. The average Bonchev–Trinajstić information content (AvgIpc) is 2.33. The summed E-state index contributed by atoms with van der Waals surface area (Å²) in [7, 11) is 0. The average molecular weight is 190 g/mol. The molecule has 7 heteroatoms. The molecule has 0 saturated heterocycles. The fourth-order valence-electron chi connectivity index (χ4n) is 0.812. The SMILES string of the molecule is NC(=O)Nc1cnn(CC(F)F)c1. The van der Waals surface area contributed by atoms with E-state index in [4.69, 9.17) is 5.73 Å². The van der Waals surface area contributed by atoms with Crippen molar-refractivity contribution in [3.05, 3.63) is 12.4 Å². The molecule has 72 valence electrons. The number of amides is 2. The van der Waals surface area contributed by atoms with E-state index in [9.17, 15) is 13.6 Å². The summed E-state index contributed by atoms with van der Waals surface area (Å²) >= 11 is 0. The Morgan fingerprint density at radius 1 is 1.77 bits per heavy atom. The van der Waals surface area contributed by atoms with Crippen LogP contribution in [-0.2, 0) is 6.54 Å². The van der Waals surface area contributed by atoms with Crippen LogP contribution in [0.5, 0.6) is 0 Å². The number of carbonyl (C=O) groups excluding carboxylic acids is 1. The van der Waals surface area contributed by atoms with E-state index in [1.54, 1.807) is 0 Å². The Hall–Kier alpha value is -1.66. The lowest BCUT2D eigenvalue weighted by Crippen LogP contribution is -2.18. The van der Waals surface area contributed by atoms with E-state index >= 15 is 0 Å². The molecule has 0 bridgehead atoms. The molecule has 0 aromatic carbocycles. The zero-order chi connectivity index (χ0) is 9.84. The van der Waals surface area contributed by atoms with Crippen molar-refractivity contribution >= 4 is 11.7 Å². The van der Waals surface area contributed by atoms with Crippen LogP contribution >= 0.6 is 0 Å². The molecule has 0 aliphatic carbocycles. The van der Waals surface area contributed by atoms with Crippen molar-refractivity contribution in [1.82, 2.24) is 9.78 Å². The lowest BCUT2D eigenvalue weighted by Gasteiger charge is -1.98. The number of alkyl halides is 2. The molecule has 0 radical (unpaired) electrons. The van der Waals surface area contributed by atoms with Gasteiger partial charge in [-0.15, -0.1) is 0 Å². The number of anilines is 1. The van der Waals surface area contributed by atoms with Gasteiger partial charge in [-0.3, -0.25) is 4.68 Å². The fourth-order valence-corrected chi connectivity index (χ4v) is 0.812. The monoisotopic (exact) mass is 190 g/mol. The van der Waals surface area contributed by atoms with Crippen molar-refractivity contribution in [2.75, 3.05) is 5.32 Å². The number of aromatic nitrogens is 2. The van der Waals surface area contributed by atoms with Crippen LogP contribution in [0.4, 0.5) is 19.3 Å². The molecule has 0 fully saturated rings. The number of rotatable bonds is 3. The molecular formula is C6H8F2N4O.